The number of thioether (sulfide) groups is 1. The number of esters is 1. The van der Waals surface area contributed by atoms with Crippen LogP contribution in [0.3, 0.4) is 0 Å². The number of carbonyl (C=O) groups excluding carboxylic acids is 1. The van der Waals surface area contributed by atoms with Gasteiger partial charge in [-0.05, 0) is 26.0 Å². The molecule has 18 heavy (non-hydrogen) atoms. The van der Waals surface area contributed by atoms with Crippen LogP contribution in [0.5, 0.6) is 0 Å². The van der Waals surface area contributed by atoms with E-state index < -0.39 is 0 Å². The first-order valence-electron chi connectivity index (χ1n) is 5.81. The molecule has 0 fully saturated rings. The molecule has 2 rings (SSSR count). The van der Waals surface area contributed by atoms with Gasteiger partial charge in [-0.25, -0.2) is 4.98 Å². The summed E-state index contributed by atoms with van der Waals surface area (Å²) in [4.78, 5) is 16.0. The van der Waals surface area contributed by atoms with Crippen LogP contribution in [0.15, 0.2) is 29.4 Å². The summed E-state index contributed by atoms with van der Waals surface area (Å²) in [6, 6.07) is 7.91. The second kappa shape index (κ2) is 5.44. The van der Waals surface area contributed by atoms with Gasteiger partial charge in [0.05, 0.1) is 22.9 Å². The maximum absolute atomic E-state index is 11.5. The van der Waals surface area contributed by atoms with Crippen LogP contribution in [-0.2, 0) is 16.6 Å². The molecule has 0 saturated heterocycles. The highest BCUT2D eigenvalue weighted by atomic mass is 32.2. The molecule has 0 aliphatic carbocycles. The molecule has 0 aliphatic rings. The second-order valence-electron chi connectivity index (χ2n) is 4.27. The van der Waals surface area contributed by atoms with E-state index in [-0.39, 0.29) is 17.8 Å². The Morgan fingerprint density at radius 3 is 2.83 bits per heavy atom. The smallest absolute Gasteiger partial charge is 0.316 e. The number of benzene rings is 1. The van der Waals surface area contributed by atoms with E-state index >= 15 is 0 Å². The molecule has 1 heterocycles. The van der Waals surface area contributed by atoms with Crippen molar-refractivity contribution in [2.24, 2.45) is 7.05 Å². The Balaban J connectivity index is 2.08. The number of hydrogen-bond acceptors (Lipinski definition) is 4. The number of rotatable bonds is 4. The van der Waals surface area contributed by atoms with Gasteiger partial charge < -0.3 is 9.30 Å². The topological polar surface area (TPSA) is 44.1 Å². The van der Waals surface area contributed by atoms with Gasteiger partial charge in [0.15, 0.2) is 5.16 Å². The van der Waals surface area contributed by atoms with Gasteiger partial charge in [0.2, 0.25) is 0 Å². The monoisotopic (exact) mass is 264 g/mol. The molecular formula is C13H16N2O2S. The average Bonchev–Trinajstić information content (AvgIpc) is 2.64. The maximum Gasteiger partial charge on any atom is 0.316 e. The fourth-order valence-electron chi connectivity index (χ4n) is 1.67. The van der Waals surface area contributed by atoms with E-state index in [2.05, 4.69) is 4.98 Å². The van der Waals surface area contributed by atoms with Gasteiger partial charge in [0.1, 0.15) is 0 Å². The van der Waals surface area contributed by atoms with Crippen LogP contribution in [0.2, 0.25) is 0 Å². The summed E-state index contributed by atoms with van der Waals surface area (Å²) in [5.41, 5.74) is 2.01. The highest BCUT2D eigenvalue weighted by molar-refractivity contribution is 7.99. The zero-order chi connectivity index (χ0) is 13.1. The number of hydrogen-bond donors (Lipinski definition) is 0. The van der Waals surface area contributed by atoms with Gasteiger partial charge in [0, 0.05) is 7.05 Å². The summed E-state index contributed by atoms with van der Waals surface area (Å²) in [5.74, 6) is 0.0806. The van der Waals surface area contributed by atoms with Crippen LogP contribution < -0.4 is 0 Å². The predicted octanol–water partition coefficient (Wildman–Crippen LogP) is 2.62. The van der Waals surface area contributed by atoms with Gasteiger partial charge in [-0.2, -0.15) is 0 Å². The SMILES string of the molecule is CC(C)OC(=O)CSc1nc2ccccc2n1C. The molecule has 0 aliphatic heterocycles. The molecule has 0 radical (unpaired) electrons. The van der Waals surface area contributed by atoms with E-state index in [0.717, 1.165) is 16.2 Å². The van der Waals surface area contributed by atoms with Crippen LogP contribution in [0, 0.1) is 0 Å². The zero-order valence-corrected chi connectivity index (χ0v) is 11.5. The summed E-state index contributed by atoms with van der Waals surface area (Å²) in [6.07, 6.45) is -0.0708. The molecule has 0 saturated carbocycles. The summed E-state index contributed by atoms with van der Waals surface area (Å²) in [6.45, 7) is 3.69. The number of ether oxygens (including phenoxy) is 1. The van der Waals surface area contributed by atoms with Gasteiger partial charge in [-0.15, -0.1) is 0 Å². The highest BCUT2D eigenvalue weighted by Crippen LogP contribution is 2.22. The number of aryl methyl sites for hydroxylation is 1. The largest absolute Gasteiger partial charge is 0.462 e. The van der Waals surface area contributed by atoms with Crippen molar-refractivity contribution >= 4 is 28.8 Å². The summed E-state index contributed by atoms with van der Waals surface area (Å²) in [5, 5.41) is 0.830. The molecule has 2 aromatic rings. The van der Waals surface area contributed by atoms with Gasteiger partial charge in [0.25, 0.3) is 0 Å². The minimum atomic E-state index is -0.206. The maximum atomic E-state index is 11.5. The van der Waals surface area contributed by atoms with Gasteiger partial charge in [-0.1, -0.05) is 23.9 Å². The van der Waals surface area contributed by atoms with E-state index in [9.17, 15) is 4.79 Å². The predicted molar refractivity (Wildman–Crippen MR) is 72.7 cm³/mol. The third-order valence-electron chi connectivity index (χ3n) is 2.43. The lowest BCUT2D eigenvalue weighted by Crippen LogP contribution is -2.13. The summed E-state index contributed by atoms with van der Waals surface area (Å²) < 4.78 is 7.08. The van der Waals surface area contributed by atoms with Crippen LogP contribution >= 0.6 is 11.8 Å². The molecule has 0 atom stereocenters. The highest BCUT2D eigenvalue weighted by Gasteiger charge is 2.11. The molecule has 0 bridgehead atoms. The van der Waals surface area contributed by atoms with Crippen molar-refractivity contribution in [3.8, 4) is 0 Å². The lowest BCUT2D eigenvalue weighted by molar-refractivity contribution is -0.144. The van der Waals surface area contributed by atoms with Crippen molar-refractivity contribution in [2.45, 2.75) is 25.1 Å². The lowest BCUT2D eigenvalue weighted by atomic mass is 10.3. The van der Waals surface area contributed by atoms with Crippen molar-refractivity contribution in [1.29, 1.82) is 0 Å². The minimum absolute atomic E-state index is 0.0708. The van der Waals surface area contributed by atoms with E-state index in [4.69, 9.17) is 4.74 Å². The van der Waals surface area contributed by atoms with Crippen LogP contribution in [0.4, 0.5) is 0 Å². The lowest BCUT2D eigenvalue weighted by Gasteiger charge is -2.07. The number of para-hydroxylation sites is 2. The quantitative estimate of drug-likeness (QED) is 0.629. The third kappa shape index (κ3) is 2.85. The molecular weight excluding hydrogens is 248 g/mol. The normalized spacial score (nSPS) is 11.1. The van der Waals surface area contributed by atoms with Crippen molar-refractivity contribution in [1.82, 2.24) is 9.55 Å². The first kappa shape index (κ1) is 13.0. The number of fused-ring (bicyclic) bond motifs is 1. The van der Waals surface area contributed by atoms with Crippen LogP contribution in [0.25, 0.3) is 11.0 Å². The molecule has 0 spiro atoms. The first-order chi connectivity index (χ1) is 8.58. The number of imidazole rings is 1. The fourth-order valence-corrected chi connectivity index (χ4v) is 2.44. The molecule has 1 aromatic heterocycles. The molecule has 0 N–H and O–H groups in total. The minimum Gasteiger partial charge on any atom is -0.462 e. The Morgan fingerprint density at radius 2 is 2.17 bits per heavy atom. The first-order valence-corrected chi connectivity index (χ1v) is 6.80. The van der Waals surface area contributed by atoms with Crippen LogP contribution in [0.1, 0.15) is 13.8 Å². The Labute approximate surface area is 110 Å². The van der Waals surface area contributed by atoms with Crippen molar-refractivity contribution in [3.63, 3.8) is 0 Å². The summed E-state index contributed by atoms with van der Waals surface area (Å²) in [7, 11) is 1.95. The fraction of sp³-hybridized carbons (Fsp3) is 0.385. The molecule has 0 unspecified atom stereocenters. The number of nitrogens with zero attached hydrogens (tertiary/aromatic N) is 2. The average molecular weight is 264 g/mol. The Kier molecular flexibility index (Phi) is 3.91. The van der Waals surface area contributed by atoms with Crippen molar-refractivity contribution in [3.05, 3.63) is 24.3 Å². The van der Waals surface area contributed by atoms with Gasteiger partial charge >= 0.3 is 5.97 Å². The molecule has 5 heteroatoms. The standard InChI is InChI=1S/C13H16N2O2S/c1-9(2)17-12(16)8-18-13-14-10-6-4-5-7-11(10)15(13)3/h4-7,9H,8H2,1-3H3. The van der Waals surface area contributed by atoms with E-state index in [1.807, 2.05) is 49.7 Å². The van der Waals surface area contributed by atoms with E-state index in [1.165, 1.54) is 11.8 Å². The molecule has 96 valence electrons. The zero-order valence-electron chi connectivity index (χ0n) is 10.7. The Bertz CT molecular complexity index is 563. The van der Waals surface area contributed by atoms with E-state index in [0.29, 0.717) is 0 Å². The molecule has 0 amide bonds. The summed E-state index contributed by atoms with van der Waals surface area (Å²) >= 11 is 1.40. The van der Waals surface area contributed by atoms with E-state index in [1.54, 1.807) is 0 Å². The number of aromatic nitrogens is 2. The van der Waals surface area contributed by atoms with Crippen molar-refractivity contribution in [2.75, 3.05) is 5.75 Å². The molecule has 1 aromatic carbocycles. The molecule has 4 nitrogen and oxygen atoms in total. The second-order valence-corrected chi connectivity index (χ2v) is 5.21. The Morgan fingerprint density at radius 1 is 1.44 bits per heavy atom. The van der Waals surface area contributed by atoms with Crippen molar-refractivity contribution < 1.29 is 9.53 Å². The third-order valence-corrected chi connectivity index (χ3v) is 3.44. The number of carbonyl (C=O) groups is 1. The van der Waals surface area contributed by atoms with Gasteiger partial charge in [-0.3, -0.25) is 4.79 Å². The van der Waals surface area contributed by atoms with Crippen LogP contribution in [-0.4, -0.2) is 27.4 Å². The Hall–Kier alpha value is -1.49.